The molecule has 4 heteroatoms. The van der Waals surface area contributed by atoms with Crippen LogP contribution in [-0.4, -0.2) is 19.9 Å². The first-order chi connectivity index (χ1) is 23.1. The first-order valence-electron chi connectivity index (χ1n) is 16.0. The highest BCUT2D eigenvalue weighted by Crippen LogP contribution is 2.54. The van der Waals surface area contributed by atoms with Gasteiger partial charge in [0, 0.05) is 45.4 Å². The quantitative estimate of drug-likeness (QED) is 0.188. The standard InChI is InChI=1S/C43H30N4/c1-43(2)34-17-9-8-16-33(34)41-40(43)38(39-32-15-7-6-11-27(32)22-23-35(39)45-41)29-20-18-28(19-21-29)36-25-37(31-14-10-24-44-26-31)47-42(46-36)30-12-4-3-5-13-30/h3-26H,1-2H3. The second-order valence-electron chi connectivity index (χ2n) is 12.7. The molecule has 0 saturated heterocycles. The molecule has 3 heterocycles. The number of aromatic nitrogens is 4. The van der Waals surface area contributed by atoms with Crippen LogP contribution in [0.5, 0.6) is 0 Å². The lowest BCUT2D eigenvalue weighted by Crippen LogP contribution is -2.16. The molecule has 0 amide bonds. The van der Waals surface area contributed by atoms with Gasteiger partial charge in [0.2, 0.25) is 0 Å². The van der Waals surface area contributed by atoms with Gasteiger partial charge in [-0.2, -0.15) is 0 Å². The van der Waals surface area contributed by atoms with Gasteiger partial charge in [-0.1, -0.05) is 123 Å². The number of hydrogen-bond donors (Lipinski definition) is 0. The zero-order chi connectivity index (χ0) is 31.5. The Balaban J connectivity index is 1.26. The molecule has 47 heavy (non-hydrogen) atoms. The van der Waals surface area contributed by atoms with Crippen LogP contribution in [0, 0.1) is 0 Å². The van der Waals surface area contributed by atoms with Crippen molar-refractivity contribution in [2.75, 3.05) is 0 Å². The zero-order valence-corrected chi connectivity index (χ0v) is 26.1. The third kappa shape index (κ3) is 4.37. The van der Waals surface area contributed by atoms with Gasteiger partial charge in [-0.3, -0.25) is 4.98 Å². The highest BCUT2D eigenvalue weighted by molar-refractivity contribution is 6.15. The van der Waals surface area contributed by atoms with E-state index >= 15 is 0 Å². The van der Waals surface area contributed by atoms with Crippen LogP contribution in [0.2, 0.25) is 0 Å². The number of benzene rings is 5. The molecule has 0 atom stereocenters. The van der Waals surface area contributed by atoms with Gasteiger partial charge in [-0.05, 0) is 57.3 Å². The van der Waals surface area contributed by atoms with Crippen molar-refractivity contribution in [3.8, 4) is 56.3 Å². The van der Waals surface area contributed by atoms with E-state index in [0.717, 1.165) is 39.3 Å². The minimum absolute atomic E-state index is 0.214. The summed E-state index contributed by atoms with van der Waals surface area (Å²) in [4.78, 5) is 19.7. The molecule has 0 bridgehead atoms. The highest BCUT2D eigenvalue weighted by Gasteiger charge is 2.39. The Kier molecular flexibility index (Phi) is 6.12. The van der Waals surface area contributed by atoms with Crippen LogP contribution < -0.4 is 0 Å². The summed E-state index contributed by atoms with van der Waals surface area (Å²) in [5, 5.41) is 3.63. The number of pyridine rings is 2. The van der Waals surface area contributed by atoms with E-state index in [0.29, 0.717) is 5.82 Å². The minimum Gasteiger partial charge on any atom is -0.264 e. The number of hydrogen-bond acceptors (Lipinski definition) is 4. The maximum atomic E-state index is 5.35. The maximum absolute atomic E-state index is 5.35. The van der Waals surface area contributed by atoms with Crippen molar-refractivity contribution in [1.29, 1.82) is 0 Å². The molecule has 8 aromatic rings. The van der Waals surface area contributed by atoms with Gasteiger partial charge in [0.15, 0.2) is 5.82 Å². The first-order valence-corrected chi connectivity index (χ1v) is 16.0. The van der Waals surface area contributed by atoms with Gasteiger partial charge in [0.05, 0.1) is 22.6 Å². The second kappa shape index (κ2) is 10.5. The second-order valence-corrected chi connectivity index (χ2v) is 12.7. The van der Waals surface area contributed by atoms with Crippen molar-refractivity contribution in [2.45, 2.75) is 19.3 Å². The van der Waals surface area contributed by atoms with Crippen LogP contribution in [0.4, 0.5) is 0 Å². The number of fused-ring (bicyclic) bond motifs is 6. The van der Waals surface area contributed by atoms with Crippen LogP contribution >= 0.6 is 0 Å². The maximum Gasteiger partial charge on any atom is 0.160 e. The van der Waals surface area contributed by atoms with Gasteiger partial charge in [-0.25, -0.2) is 15.0 Å². The predicted octanol–water partition coefficient (Wildman–Crippen LogP) is 10.5. The Labute approximate surface area is 273 Å². The SMILES string of the molecule is CC1(C)c2ccccc2-c2nc3ccc4ccccc4c3c(-c3ccc(-c4cc(-c5cccnc5)nc(-c5ccccc5)n4)cc3)c21. The van der Waals surface area contributed by atoms with Crippen LogP contribution in [0.3, 0.4) is 0 Å². The fourth-order valence-corrected chi connectivity index (χ4v) is 7.28. The Morgan fingerprint density at radius 1 is 0.553 bits per heavy atom. The van der Waals surface area contributed by atoms with E-state index in [9.17, 15) is 0 Å². The van der Waals surface area contributed by atoms with E-state index in [4.69, 9.17) is 15.0 Å². The van der Waals surface area contributed by atoms with Crippen LogP contribution in [-0.2, 0) is 5.41 Å². The Bertz CT molecular complexity index is 2410. The molecule has 9 rings (SSSR count). The van der Waals surface area contributed by atoms with Gasteiger partial charge in [-0.15, -0.1) is 0 Å². The van der Waals surface area contributed by atoms with E-state index in [1.165, 1.54) is 44.0 Å². The van der Waals surface area contributed by atoms with E-state index < -0.39 is 0 Å². The Morgan fingerprint density at radius 2 is 1.26 bits per heavy atom. The molecule has 0 radical (unpaired) electrons. The minimum atomic E-state index is -0.214. The molecule has 0 fully saturated rings. The largest absolute Gasteiger partial charge is 0.264 e. The molecule has 0 spiro atoms. The van der Waals surface area contributed by atoms with Crippen molar-refractivity contribution in [3.63, 3.8) is 0 Å². The average molecular weight is 603 g/mol. The summed E-state index contributed by atoms with van der Waals surface area (Å²) in [6, 6.07) is 46.8. The molecule has 0 unspecified atom stereocenters. The molecule has 0 N–H and O–H groups in total. The van der Waals surface area contributed by atoms with Gasteiger partial charge < -0.3 is 0 Å². The van der Waals surface area contributed by atoms with Crippen molar-refractivity contribution in [2.24, 2.45) is 0 Å². The van der Waals surface area contributed by atoms with Crippen molar-refractivity contribution < 1.29 is 0 Å². The summed E-state index contributed by atoms with van der Waals surface area (Å²) >= 11 is 0. The third-order valence-corrected chi connectivity index (χ3v) is 9.54. The lowest BCUT2D eigenvalue weighted by atomic mass is 9.78. The topological polar surface area (TPSA) is 51.6 Å². The van der Waals surface area contributed by atoms with Crippen LogP contribution in [0.15, 0.2) is 146 Å². The van der Waals surface area contributed by atoms with E-state index in [-0.39, 0.29) is 5.41 Å². The number of rotatable bonds is 4. The van der Waals surface area contributed by atoms with Crippen LogP contribution in [0.25, 0.3) is 78.0 Å². The summed E-state index contributed by atoms with van der Waals surface area (Å²) in [6.07, 6.45) is 3.63. The average Bonchev–Trinajstić information content (AvgIpc) is 3.37. The predicted molar refractivity (Wildman–Crippen MR) is 192 cm³/mol. The molecule has 5 aromatic carbocycles. The zero-order valence-electron chi connectivity index (χ0n) is 26.1. The van der Waals surface area contributed by atoms with E-state index in [1.54, 1.807) is 6.20 Å². The first kappa shape index (κ1) is 27.3. The Morgan fingerprint density at radius 3 is 2.06 bits per heavy atom. The molecule has 1 aliphatic rings. The Hall–Kier alpha value is -6.00. The normalized spacial score (nSPS) is 13.1. The fourth-order valence-electron chi connectivity index (χ4n) is 7.28. The van der Waals surface area contributed by atoms with Crippen molar-refractivity contribution >= 4 is 21.7 Å². The monoisotopic (exact) mass is 602 g/mol. The summed E-state index contributed by atoms with van der Waals surface area (Å²) in [5.74, 6) is 0.690. The highest BCUT2D eigenvalue weighted by atomic mass is 14.9. The molecular weight excluding hydrogens is 573 g/mol. The lowest BCUT2D eigenvalue weighted by Gasteiger charge is -2.25. The van der Waals surface area contributed by atoms with Gasteiger partial charge in [0.1, 0.15) is 0 Å². The smallest absolute Gasteiger partial charge is 0.160 e. The molecule has 0 aliphatic heterocycles. The van der Waals surface area contributed by atoms with Gasteiger partial charge in [0.25, 0.3) is 0 Å². The number of nitrogens with zero attached hydrogens (tertiary/aromatic N) is 4. The third-order valence-electron chi connectivity index (χ3n) is 9.54. The molecule has 1 aliphatic carbocycles. The van der Waals surface area contributed by atoms with Gasteiger partial charge >= 0.3 is 0 Å². The fraction of sp³-hybridized carbons (Fsp3) is 0.0698. The van der Waals surface area contributed by atoms with Crippen molar-refractivity contribution in [3.05, 3.63) is 157 Å². The summed E-state index contributed by atoms with van der Waals surface area (Å²) in [7, 11) is 0. The molecule has 3 aromatic heterocycles. The summed E-state index contributed by atoms with van der Waals surface area (Å²) < 4.78 is 0. The molecular formula is C43H30N4. The van der Waals surface area contributed by atoms with Crippen molar-refractivity contribution in [1.82, 2.24) is 19.9 Å². The lowest BCUT2D eigenvalue weighted by molar-refractivity contribution is 0.662. The summed E-state index contributed by atoms with van der Waals surface area (Å²) in [6.45, 7) is 4.67. The molecule has 222 valence electrons. The van der Waals surface area contributed by atoms with Crippen LogP contribution in [0.1, 0.15) is 25.0 Å². The summed E-state index contributed by atoms with van der Waals surface area (Å²) in [5.41, 5.74) is 12.8. The van der Waals surface area contributed by atoms with E-state index in [1.807, 2.05) is 36.5 Å². The molecule has 0 saturated carbocycles. The van der Waals surface area contributed by atoms with E-state index in [2.05, 4.69) is 122 Å². The molecule has 4 nitrogen and oxygen atoms in total.